The highest BCUT2D eigenvalue weighted by molar-refractivity contribution is 5.96. The third-order valence-corrected chi connectivity index (χ3v) is 7.06. The van der Waals surface area contributed by atoms with Crippen LogP contribution in [0.15, 0.2) is 102 Å². The molecule has 7 heteroatoms. The Kier molecular flexibility index (Phi) is 6.70. The number of hydrogen-bond acceptors (Lipinski definition) is 6. The van der Waals surface area contributed by atoms with Crippen molar-refractivity contribution in [2.24, 2.45) is 0 Å². The Morgan fingerprint density at radius 1 is 0.950 bits per heavy atom. The van der Waals surface area contributed by atoms with Crippen LogP contribution < -0.4 is 0 Å². The van der Waals surface area contributed by atoms with E-state index >= 15 is 0 Å². The first-order valence-corrected chi connectivity index (χ1v) is 13.2. The average molecular weight is 529 g/mol. The Morgan fingerprint density at radius 3 is 2.40 bits per heavy atom. The summed E-state index contributed by atoms with van der Waals surface area (Å²) in [6.07, 6.45) is 5.81. The van der Waals surface area contributed by atoms with Gasteiger partial charge in [0.25, 0.3) is 0 Å². The maximum atomic E-state index is 12.3. The summed E-state index contributed by atoms with van der Waals surface area (Å²) in [6, 6.07) is 25.7. The smallest absolute Gasteiger partial charge is 0.338 e. The van der Waals surface area contributed by atoms with Gasteiger partial charge in [0.2, 0.25) is 0 Å². The molecule has 6 aromatic rings. The highest BCUT2D eigenvalue weighted by Gasteiger charge is 2.24. The maximum absolute atomic E-state index is 12.3. The van der Waals surface area contributed by atoms with Gasteiger partial charge in [-0.2, -0.15) is 0 Å². The minimum absolute atomic E-state index is 0.195. The summed E-state index contributed by atoms with van der Waals surface area (Å²) in [6.45, 7) is 5.98. The van der Waals surface area contributed by atoms with Crippen LogP contribution in [-0.4, -0.2) is 32.3 Å². The van der Waals surface area contributed by atoms with Crippen LogP contribution in [0.25, 0.3) is 33.3 Å². The fraction of sp³-hybridized carbons (Fsp3) is 0.152. The number of pyridine rings is 2. The van der Waals surface area contributed by atoms with Crippen LogP contribution in [0.4, 0.5) is 0 Å². The number of esters is 1. The Balaban J connectivity index is 1.59. The first kappa shape index (κ1) is 25.2. The van der Waals surface area contributed by atoms with E-state index < -0.39 is 0 Å². The number of fused-ring (bicyclic) bond motifs is 1. The minimum atomic E-state index is -0.335. The molecular weight excluding hydrogens is 500 g/mol. The lowest BCUT2D eigenvalue weighted by Crippen LogP contribution is -2.13. The molecule has 6 rings (SSSR count). The van der Waals surface area contributed by atoms with E-state index in [9.17, 15) is 4.79 Å². The average Bonchev–Trinajstić information content (AvgIpc) is 3.53. The zero-order chi connectivity index (χ0) is 27.6. The van der Waals surface area contributed by atoms with Gasteiger partial charge in [-0.05, 0) is 62.2 Å². The van der Waals surface area contributed by atoms with Crippen LogP contribution in [0.5, 0.6) is 0 Å². The quantitative estimate of drug-likeness (QED) is 0.204. The molecule has 0 bridgehead atoms. The summed E-state index contributed by atoms with van der Waals surface area (Å²) in [4.78, 5) is 22.0. The van der Waals surface area contributed by atoms with Gasteiger partial charge in [0.1, 0.15) is 11.8 Å². The molecule has 0 aliphatic rings. The van der Waals surface area contributed by atoms with Crippen molar-refractivity contribution in [2.75, 3.05) is 6.61 Å². The van der Waals surface area contributed by atoms with Gasteiger partial charge in [-0.3, -0.25) is 9.97 Å². The molecule has 0 N–H and O–H groups in total. The molecule has 0 saturated heterocycles. The van der Waals surface area contributed by atoms with Crippen molar-refractivity contribution >= 4 is 17.0 Å². The second-order valence-electron chi connectivity index (χ2n) is 9.61. The van der Waals surface area contributed by atoms with E-state index in [0.29, 0.717) is 12.2 Å². The molecule has 0 fully saturated rings. The molecule has 0 aliphatic heterocycles. The summed E-state index contributed by atoms with van der Waals surface area (Å²) in [5, 5.41) is 4.16. The first-order valence-electron chi connectivity index (χ1n) is 13.2. The minimum Gasteiger partial charge on any atom is -0.462 e. The Bertz CT molecular complexity index is 1730. The predicted octanol–water partition coefficient (Wildman–Crippen LogP) is 7.18. The van der Waals surface area contributed by atoms with Gasteiger partial charge in [-0.15, -0.1) is 0 Å². The SMILES string of the molecule is CCOC(=O)c1ccc(-c2cn([C@@H](c3ccccc3)c3ccccn3)c3cc(-c4c(C)noc4C)cnc23)cc1. The molecule has 0 unspecified atom stereocenters. The summed E-state index contributed by atoms with van der Waals surface area (Å²) >= 11 is 0. The second-order valence-corrected chi connectivity index (χ2v) is 9.61. The monoisotopic (exact) mass is 528 g/mol. The summed E-state index contributed by atoms with van der Waals surface area (Å²) in [5.74, 6) is 0.411. The molecular formula is C33H28N4O3. The molecule has 0 amide bonds. The highest BCUT2D eigenvalue weighted by atomic mass is 16.5. The Hall–Kier alpha value is -5.04. The molecule has 1 atom stereocenters. The van der Waals surface area contributed by atoms with E-state index in [0.717, 1.165) is 56.0 Å². The van der Waals surface area contributed by atoms with E-state index in [1.807, 2.05) is 74.8 Å². The standard InChI is InChI=1S/C33H28N4O3/c1-4-39-33(38)25-15-13-23(14-16-25)27-20-37(32(24-10-6-5-7-11-24)28-12-8-9-17-34-28)29-18-26(19-35-31(27)29)30-21(2)36-40-22(30)3/h5-20,32H,4H2,1-3H3/t32-/m0/s1. The second kappa shape index (κ2) is 10.6. The van der Waals surface area contributed by atoms with Gasteiger partial charge < -0.3 is 13.8 Å². The first-order chi connectivity index (χ1) is 19.5. The molecule has 40 heavy (non-hydrogen) atoms. The van der Waals surface area contributed by atoms with Gasteiger partial charge in [0.15, 0.2) is 0 Å². The third kappa shape index (κ3) is 4.56. The van der Waals surface area contributed by atoms with Gasteiger partial charge in [-0.25, -0.2) is 4.79 Å². The van der Waals surface area contributed by atoms with Crippen molar-refractivity contribution in [3.05, 3.63) is 126 Å². The summed E-state index contributed by atoms with van der Waals surface area (Å²) < 4.78 is 12.9. The molecule has 0 saturated carbocycles. The topological polar surface area (TPSA) is 83.0 Å². The molecule has 7 nitrogen and oxygen atoms in total. The van der Waals surface area contributed by atoms with E-state index in [1.54, 1.807) is 19.1 Å². The summed E-state index contributed by atoms with van der Waals surface area (Å²) in [7, 11) is 0. The van der Waals surface area contributed by atoms with Crippen molar-refractivity contribution in [2.45, 2.75) is 26.8 Å². The predicted molar refractivity (Wildman–Crippen MR) is 154 cm³/mol. The van der Waals surface area contributed by atoms with Crippen LogP contribution in [0.1, 0.15) is 46.0 Å². The van der Waals surface area contributed by atoms with Gasteiger partial charge >= 0.3 is 5.97 Å². The van der Waals surface area contributed by atoms with Gasteiger partial charge in [0.05, 0.1) is 34.6 Å². The molecule has 0 aliphatic carbocycles. The number of hydrogen-bond donors (Lipinski definition) is 0. The van der Waals surface area contributed by atoms with Crippen molar-refractivity contribution in [3.8, 4) is 22.3 Å². The van der Waals surface area contributed by atoms with Gasteiger partial charge in [-0.1, -0.05) is 53.7 Å². The molecule has 4 heterocycles. The van der Waals surface area contributed by atoms with Crippen molar-refractivity contribution in [1.82, 2.24) is 19.7 Å². The van der Waals surface area contributed by atoms with E-state index in [2.05, 4.69) is 34.1 Å². The van der Waals surface area contributed by atoms with Crippen LogP contribution in [0, 0.1) is 13.8 Å². The van der Waals surface area contributed by atoms with Crippen LogP contribution in [-0.2, 0) is 4.74 Å². The van der Waals surface area contributed by atoms with Crippen LogP contribution in [0.3, 0.4) is 0 Å². The van der Waals surface area contributed by atoms with E-state index in [4.69, 9.17) is 19.2 Å². The number of benzene rings is 2. The largest absolute Gasteiger partial charge is 0.462 e. The summed E-state index contributed by atoms with van der Waals surface area (Å²) in [5.41, 5.74) is 8.90. The normalized spacial score (nSPS) is 12.0. The van der Waals surface area contributed by atoms with Crippen LogP contribution in [0.2, 0.25) is 0 Å². The number of ether oxygens (including phenoxy) is 1. The zero-order valence-corrected chi connectivity index (χ0v) is 22.5. The van der Waals surface area contributed by atoms with Crippen molar-refractivity contribution < 1.29 is 14.1 Å². The zero-order valence-electron chi connectivity index (χ0n) is 22.5. The molecule has 4 aromatic heterocycles. The number of nitrogens with zero attached hydrogens (tertiary/aromatic N) is 4. The lowest BCUT2D eigenvalue weighted by molar-refractivity contribution is 0.0526. The molecule has 0 radical (unpaired) electrons. The fourth-order valence-corrected chi connectivity index (χ4v) is 5.23. The fourth-order valence-electron chi connectivity index (χ4n) is 5.23. The van der Waals surface area contributed by atoms with Gasteiger partial charge in [0, 0.05) is 35.3 Å². The molecule has 0 spiro atoms. The molecule has 2 aromatic carbocycles. The number of carbonyl (C=O) groups excluding carboxylic acids is 1. The van der Waals surface area contributed by atoms with Crippen molar-refractivity contribution in [3.63, 3.8) is 0 Å². The van der Waals surface area contributed by atoms with E-state index in [-0.39, 0.29) is 12.0 Å². The van der Waals surface area contributed by atoms with Crippen molar-refractivity contribution in [1.29, 1.82) is 0 Å². The maximum Gasteiger partial charge on any atom is 0.338 e. The Morgan fingerprint density at radius 2 is 1.73 bits per heavy atom. The molecule has 198 valence electrons. The Labute approximate surface area is 232 Å². The van der Waals surface area contributed by atoms with Crippen LogP contribution >= 0.6 is 0 Å². The highest BCUT2D eigenvalue weighted by Crippen LogP contribution is 2.38. The number of rotatable bonds is 7. The lowest BCUT2D eigenvalue weighted by atomic mass is 10.0. The third-order valence-electron chi connectivity index (χ3n) is 7.06. The van der Waals surface area contributed by atoms with E-state index in [1.165, 1.54) is 0 Å². The number of aryl methyl sites for hydroxylation is 2. The number of carbonyl (C=O) groups is 1. The lowest BCUT2D eigenvalue weighted by Gasteiger charge is -2.20. The number of aromatic nitrogens is 4.